The number of aryl methyl sites for hydroxylation is 2. The van der Waals surface area contributed by atoms with E-state index in [2.05, 4.69) is 15.9 Å². The number of nitrogens with zero attached hydrogens (tertiary/aromatic N) is 5. The molecule has 3 heterocycles. The maximum Gasteiger partial charge on any atom is 0.417 e. The Morgan fingerprint density at radius 2 is 1.67 bits per heavy atom. The Kier molecular flexibility index (Phi) is 5.26. The highest BCUT2D eigenvalue weighted by Gasteiger charge is 2.39. The molecule has 0 unspecified atom stereocenters. The summed E-state index contributed by atoms with van der Waals surface area (Å²) in [5, 5.41) is 10.4. The minimum atomic E-state index is -4.55. The van der Waals surface area contributed by atoms with Crippen molar-refractivity contribution >= 4 is 43.7 Å². The van der Waals surface area contributed by atoms with Crippen LogP contribution in [0.5, 0.6) is 0 Å². The van der Waals surface area contributed by atoms with E-state index >= 15 is 0 Å². The van der Waals surface area contributed by atoms with Gasteiger partial charge in [-0.2, -0.15) is 13.2 Å². The lowest BCUT2D eigenvalue weighted by Crippen LogP contribution is -2.60. The summed E-state index contributed by atoms with van der Waals surface area (Å²) in [4.78, 5) is 19.5. The molecule has 7 nitrogen and oxygen atoms in total. The van der Waals surface area contributed by atoms with E-state index in [-0.39, 0.29) is 10.2 Å². The average molecular weight is 566 g/mol. The number of halogens is 4. The second-order valence-corrected chi connectivity index (χ2v) is 11.8. The molecule has 0 saturated carbocycles. The van der Waals surface area contributed by atoms with Gasteiger partial charge in [-0.3, -0.25) is 13.7 Å². The van der Waals surface area contributed by atoms with Crippen molar-refractivity contribution in [2.45, 2.75) is 44.9 Å². The number of imidazole rings is 2. The largest absolute Gasteiger partial charge is 0.417 e. The van der Waals surface area contributed by atoms with E-state index in [1.165, 1.54) is 10.6 Å². The van der Waals surface area contributed by atoms with Crippen molar-refractivity contribution < 1.29 is 18.3 Å². The first-order valence-electron chi connectivity index (χ1n) is 11.5. The quantitative estimate of drug-likeness (QED) is 0.376. The maximum atomic E-state index is 13.8. The first-order valence-corrected chi connectivity index (χ1v) is 12.3. The summed E-state index contributed by atoms with van der Waals surface area (Å²) < 4.78 is 46.2. The lowest BCUT2D eigenvalue weighted by Gasteiger charge is -2.46. The smallest absolute Gasteiger partial charge is 0.386 e. The van der Waals surface area contributed by atoms with Crippen LogP contribution in [0.1, 0.15) is 39.1 Å². The van der Waals surface area contributed by atoms with Gasteiger partial charge < -0.3 is 10.0 Å². The van der Waals surface area contributed by atoms with Crippen LogP contribution in [0.3, 0.4) is 0 Å². The van der Waals surface area contributed by atoms with Crippen LogP contribution in [0.2, 0.25) is 0 Å². The van der Waals surface area contributed by atoms with Crippen LogP contribution >= 0.6 is 15.9 Å². The molecule has 4 aromatic rings. The summed E-state index contributed by atoms with van der Waals surface area (Å²) in [5.74, 6) is 0.588. The van der Waals surface area contributed by atoms with Crippen LogP contribution in [-0.4, -0.2) is 42.5 Å². The number of aromatic nitrogens is 4. The highest BCUT2D eigenvalue weighted by Crippen LogP contribution is 2.41. The zero-order valence-electron chi connectivity index (χ0n) is 20.8. The minimum Gasteiger partial charge on any atom is -0.386 e. The van der Waals surface area contributed by atoms with Crippen LogP contribution in [0.4, 0.5) is 18.9 Å². The van der Waals surface area contributed by atoms with Crippen molar-refractivity contribution in [1.29, 1.82) is 0 Å². The maximum absolute atomic E-state index is 13.8. The van der Waals surface area contributed by atoms with Gasteiger partial charge in [0.05, 0.1) is 44.6 Å². The monoisotopic (exact) mass is 565 g/mol. The highest BCUT2D eigenvalue weighted by molar-refractivity contribution is 9.10. The van der Waals surface area contributed by atoms with Gasteiger partial charge in [0.15, 0.2) is 0 Å². The summed E-state index contributed by atoms with van der Waals surface area (Å²) in [6.07, 6.45) is -4.55. The standard InChI is InChI=1S/C25H27BrF3N5O2/c1-23(2,3)21-30-16-10-15(26)14(25(27,28)29)9-17(16)34(21)13-7-18-20(32(6)22(35)31(18)5)19(8-13)33-11-24(4,36)12-33/h7-10,36H,11-12H2,1-6H3. The molecule has 0 bridgehead atoms. The lowest BCUT2D eigenvalue weighted by molar-refractivity contribution is -0.138. The van der Waals surface area contributed by atoms with Crippen molar-refractivity contribution in [3.8, 4) is 5.69 Å². The summed E-state index contributed by atoms with van der Waals surface area (Å²) in [6, 6.07) is 6.19. The number of hydrogen-bond donors (Lipinski definition) is 1. The first kappa shape index (κ1) is 24.9. The summed E-state index contributed by atoms with van der Waals surface area (Å²) in [5.41, 5.74) is 1.03. The van der Waals surface area contributed by atoms with Gasteiger partial charge in [-0.15, -0.1) is 0 Å². The second-order valence-electron chi connectivity index (χ2n) is 10.9. The molecule has 1 fully saturated rings. The number of anilines is 1. The summed E-state index contributed by atoms with van der Waals surface area (Å²) in [7, 11) is 3.35. The zero-order valence-corrected chi connectivity index (χ0v) is 22.4. The molecule has 1 aliphatic rings. The molecule has 0 atom stereocenters. The predicted octanol–water partition coefficient (Wildman–Crippen LogP) is 4.87. The van der Waals surface area contributed by atoms with Crippen LogP contribution in [0.25, 0.3) is 27.8 Å². The predicted molar refractivity (Wildman–Crippen MR) is 137 cm³/mol. The third kappa shape index (κ3) is 3.75. The Morgan fingerprint density at radius 1 is 1.03 bits per heavy atom. The Balaban J connectivity index is 1.88. The van der Waals surface area contributed by atoms with Crippen molar-refractivity contribution in [1.82, 2.24) is 18.7 Å². The van der Waals surface area contributed by atoms with E-state index in [1.807, 2.05) is 37.8 Å². The van der Waals surface area contributed by atoms with Gasteiger partial charge in [0.1, 0.15) is 5.82 Å². The number of β-amino-alcohol motifs (C(OH)–C–C–N with tert-alkyl or cyclic N) is 1. The molecule has 2 aromatic carbocycles. The minimum absolute atomic E-state index is 0.0722. The first-order chi connectivity index (χ1) is 16.5. The van der Waals surface area contributed by atoms with Gasteiger partial charge >= 0.3 is 11.9 Å². The Morgan fingerprint density at radius 3 is 2.22 bits per heavy atom. The van der Waals surface area contributed by atoms with Crippen molar-refractivity contribution in [2.24, 2.45) is 14.1 Å². The topological polar surface area (TPSA) is 68.2 Å². The van der Waals surface area contributed by atoms with E-state index in [9.17, 15) is 23.1 Å². The number of aliphatic hydroxyl groups is 1. The van der Waals surface area contributed by atoms with Gasteiger partial charge in [-0.25, -0.2) is 9.78 Å². The van der Waals surface area contributed by atoms with Gasteiger partial charge in [0.25, 0.3) is 0 Å². The fourth-order valence-corrected chi connectivity index (χ4v) is 5.57. The Labute approximate surface area is 213 Å². The lowest BCUT2D eigenvalue weighted by atomic mass is 9.95. The van der Waals surface area contributed by atoms with Gasteiger partial charge in [-0.05, 0) is 31.2 Å². The van der Waals surface area contributed by atoms with E-state index < -0.39 is 22.8 Å². The molecule has 1 N–H and O–H groups in total. The number of rotatable bonds is 2. The average Bonchev–Trinajstić information content (AvgIpc) is 3.21. The van der Waals surface area contributed by atoms with Crippen LogP contribution in [0.15, 0.2) is 33.5 Å². The number of alkyl halides is 3. The van der Waals surface area contributed by atoms with E-state index in [0.29, 0.717) is 46.7 Å². The second kappa shape index (κ2) is 7.61. The van der Waals surface area contributed by atoms with Gasteiger partial charge in [0, 0.05) is 37.1 Å². The number of benzene rings is 2. The molecule has 2 aromatic heterocycles. The Hall–Kier alpha value is -2.79. The van der Waals surface area contributed by atoms with Crippen LogP contribution < -0.4 is 10.6 Å². The molecular weight excluding hydrogens is 539 g/mol. The zero-order chi connectivity index (χ0) is 26.5. The molecule has 0 spiro atoms. The summed E-state index contributed by atoms with van der Waals surface area (Å²) >= 11 is 3.06. The molecule has 192 valence electrons. The molecule has 0 radical (unpaired) electrons. The highest BCUT2D eigenvalue weighted by atomic mass is 79.9. The van der Waals surface area contributed by atoms with E-state index in [1.54, 1.807) is 30.2 Å². The molecule has 1 saturated heterocycles. The van der Waals surface area contributed by atoms with E-state index in [4.69, 9.17) is 4.98 Å². The molecule has 11 heteroatoms. The van der Waals surface area contributed by atoms with Gasteiger partial charge in [-0.1, -0.05) is 36.7 Å². The molecule has 0 aliphatic carbocycles. The number of hydrogen-bond acceptors (Lipinski definition) is 4. The van der Waals surface area contributed by atoms with Crippen molar-refractivity contribution in [3.63, 3.8) is 0 Å². The molecule has 1 aliphatic heterocycles. The third-order valence-corrected chi connectivity index (χ3v) is 7.36. The summed E-state index contributed by atoms with van der Waals surface area (Å²) in [6.45, 7) is 8.34. The molecule has 36 heavy (non-hydrogen) atoms. The molecular formula is C25H27BrF3N5O2. The third-order valence-electron chi connectivity index (χ3n) is 6.71. The SMILES string of the molecule is Cn1c(=O)n(C)c2c(N3CC(C)(O)C3)cc(-n3c(C(C)(C)C)nc4cc(Br)c(C(F)(F)F)cc43)cc21. The van der Waals surface area contributed by atoms with Gasteiger partial charge in [0.2, 0.25) is 0 Å². The Bertz CT molecular complexity index is 1600. The normalized spacial score (nSPS) is 16.2. The molecule has 0 amide bonds. The number of fused-ring (bicyclic) bond motifs is 2. The fraction of sp³-hybridized carbons (Fsp3) is 0.440. The van der Waals surface area contributed by atoms with Crippen molar-refractivity contribution in [2.75, 3.05) is 18.0 Å². The van der Waals surface area contributed by atoms with Crippen molar-refractivity contribution in [3.05, 3.63) is 50.6 Å². The molecule has 5 rings (SSSR count). The van der Waals surface area contributed by atoms with E-state index in [0.717, 1.165) is 11.8 Å². The van der Waals surface area contributed by atoms with Crippen LogP contribution in [-0.2, 0) is 25.7 Å². The fourth-order valence-electron chi connectivity index (χ4n) is 5.01. The van der Waals surface area contributed by atoms with Crippen LogP contribution in [0, 0.1) is 0 Å².